The summed E-state index contributed by atoms with van der Waals surface area (Å²) >= 11 is 0. The van der Waals surface area contributed by atoms with Crippen molar-refractivity contribution < 1.29 is 4.79 Å². The lowest BCUT2D eigenvalue weighted by Gasteiger charge is -2.37. The lowest BCUT2D eigenvalue weighted by Crippen LogP contribution is -2.42. The molecule has 5 nitrogen and oxygen atoms in total. The largest absolute Gasteiger partial charge is 0.333 e. The number of fused-ring (bicyclic) bond motifs is 1. The van der Waals surface area contributed by atoms with Gasteiger partial charge in [0.05, 0.1) is 12.2 Å². The summed E-state index contributed by atoms with van der Waals surface area (Å²) in [4.78, 5) is 14.9. The van der Waals surface area contributed by atoms with Crippen LogP contribution in [0.3, 0.4) is 0 Å². The lowest BCUT2D eigenvalue weighted by atomic mass is 9.88. The van der Waals surface area contributed by atoms with Gasteiger partial charge >= 0.3 is 0 Å². The van der Waals surface area contributed by atoms with Crippen LogP contribution in [0.1, 0.15) is 22.7 Å². The third-order valence-electron chi connectivity index (χ3n) is 4.77. The number of amides is 1. The molecule has 1 aromatic heterocycles. The number of carbonyl (C=O) groups is 1. The first-order chi connectivity index (χ1) is 12.3. The molecule has 25 heavy (non-hydrogen) atoms. The van der Waals surface area contributed by atoms with Gasteiger partial charge in [0, 0.05) is 12.7 Å². The zero-order valence-corrected chi connectivity index (χ0v) is 14.0. The van der Waals surface area contributed by atoms with E-state index < -0.39 is 0 Å². The summed E-state index contributed by atoms with van der Waals surface area (Å²) in [5.74, 6) is 0.0842. The molecule has 0 saturated heterocycles. The van der Waals surface area contributed by atoms with Crippen LogP contribution in [-0.4, -0.2) is 32.3 Å². The third kappa shape index (κ3) is 3.31. The molecule has 0 aliphatic carbocycles. The van der Waals surface area contributed by atoms with Gasteiger partial charge in [0.25, 0.3) is 0 Å². The number of carbonyl (C=O) groups excluding carboxylic acids is 1. The minimum absolute atomic E-state index is 0.0587. The van der Waals surface area contributed by atoms with Crippen LogP contribution in [0.4, 0.5) is 0 Å². The maximum absolute atomic E-state index is 12.9. The topological polar surface area (TPSA) is 51.0 Å². The minimum Gasteiger partial charge on any atom is -0.333 e. The molecule has 4 rings (SSSR count). The summed E-state index contributed by atoms with van der Waals surface area (Å²) in [7, 11) is 0. The Balaban J connectivity index is 1.64. The molecule has 2 aromatic carbocycles. The Kier molecular flexibility index (Phi) is 4.29. The van der Waals surface area contributed by atoms with E-state index in [9.17, 15) is 4.79 Å². The van der Waals surface area contributed by atoms with Crippen molar-refractivity contribution in [3.63, 3.8) is 0 Å². The molecule has 5 heteroatoms. The number of hydrogen-bond acceptors (Lipinski definition) is 3. The minimum atomic E-state index is 0.0587. The molecule has 3 aromatic rings. The number of hydrogen-bond donors (Lipinski definition) is 0. The average molecular weight is 332 g/mol. The molecule has 0 fully saturated rings. The van der Waals surface area contributed by atoms with E-state index in [0.717, 1.165) is 19.4 Å². The Hall–Kier alpha value is -2.95. The second kappa shape index (κ2) is 6.89. The van der Waals surface area contributed by atoms with Crippen LogP contribution in [0.25, 0.3) is 0 Å². The van der Waals surface area contributed by atoms with Crippen molar-refractivity contribution in [3.8, 4) is 0 Å². The number of nitrogens with zero attached hydrogens (tertiary/aromatic N) is 4. The first-order valence-electron chi connectivity index (χ1n) is 8.56. The van der Waals surface area contributed by atoms with Crippen LogP contribution in [-0.2, 0) is 24.2 Å². The summed E-state index contributed by atoms with van der Waals surface area (Å²) in [6.45, 7) is 0.968. The number of benzene rings is 2. The molecule has 2 heterocycles. The van der Waals surface area contributed by atoms with E-state index in [-0.39, 0.29) is 18.5 Å². The molecule has 1 aliphatic rings. The van der Waals surface area contributed by atoms with E-state index in [0.29, 0.717) is 0 Å². The first kappa shape index (κ1) is 15.6. The van der Waals surface area contributed by atoms with E-state index in [1.54, 1.807) is 17.1 Å². The quantitative estimate of drug-likeness (QED) is 0.738. The molecule has 126 valence electrons. The van der Waals surface area contributed by atoms with Gasteiger partial charge in [-0.3, -0.25) is 4.79 Å². The lowest BCUT2D eigenvalue weighted by molar-refractivity contribution is -0.135. The van der Waals surface area contributed by atoms with Gasteiger partial charge in [-0.25, -0.2) is 4.68 Å². The average Bonchev–Trinajstić information content (AvgIpc) is 3.16. The smallest absolute Gasteiger partial charge is 0.244 e. The van der Waals surface area contributed by atoms with Gasteiger partial charge in [0.1, 0.15) is 6.54 Å². The summed E-state index contributed by atoms with van der Waals surface area (Å²) in [6.07, 6.45) is 5.04. The predicted molar refractivity (Wildman–Crippen MR) is 94.8 cm³/mol. The summed E-state index contributed by atoms with van der Waals surface area (Å²) in [5.41, 5.74) is 3.83. The Morgan fingerprint density at radius 2 is 1.88 bits per heavy atom. The third-order valence-corrected chi connectivity index (χ3v) is 4.77. The number of rotatable bonds is 4. The Labute approximate surface area is 146 Å². The summed E-state index contributed by atoms with van der Waals surface area (Å²) < 4.78 is 1.59. The molecule has 1 amide bonds. The molecular formula is C20H20N4O. The van der Waals surface area contributed by atoms with Crippen molar-refractivity contribution in [2.75, 3.05) is 6.54 Å². The fraction of sp³-hybridized carbons (Fsp3) is 0.250. The van der Waals surface area contributed by atoms with Crippen molar-refractivity contribution in [2.24, 2.45) is 0 Å². The Morgan fingerprint density at radius 3 is 2.68 bits per heavy atom. The SMILES string of the molecule is O=C(Cn1ccnn1)N1CCc2ccccc2[C@H]1Cc1ccccc1. The maximum Gasteiger partial charge on any atom is 0.244 e. The highest BCUT2D eigenvalue weighted by molar-refractivity contribution is 5.77. The van der Waals surface area contributed by atoms with Gasteiger partial charge in [0.2, 0.25) is 5.91 Å². The highest BCUT2D eigenvalue weighted by atomic mass is 16.2. The molecule has 1 atom stereocenters. The van der Waals surface area contributed by atoms with Crippen molar-refractivity contribution >= 4 is 5.91 Å². The van der Waals surface area contributed by atoms with Gasteiger partial charge in [-0.05, 0) is 29.5 Å². The zero-order chi connectivity index (χ0) is 17.1. The van der Waals surface area contributed by atoms with Crippen LogP contribution in [0.2, 0.25) is 0 Å². The van der Waals surface area contributed by atoms with E-state index in [2.05, 4.69) is 46.7 Å². The molecule has 1 aliphatic heterocycles. The van der Waals surface area contributed by atoms with Crippen LogP contribution in [0.15, 0.2) is 67.0 Å². The van der Waals surface area contributed by atoms with Gasteiger partial charge in [-0.15, -0.1) is 5.10 Å². The fourth-order valence-electron chi connectivity index (χ4n) is 3.55. The monoisotopic (exact) mass is 332 g/mol. The van der Waals surface area contributed by atoms with Crippen molar-refractivity contribution in [1.29, 1.82) is 0 Å². The van der Waals surface area contributed by atoms with Gasteiger partial charge < -0.3 is 4.90 Å². The van der Waals surface area contributed by atoms with Crippen LogP contribution < -0.4 is 0 Å². The van der Waals surface area contributed by atoms with Gasteiger partial charge in [-0.2, -0.15) is 0 Å². The number of aromatic nitrogens is 3. The van der Waals surface area contributed by atoms with Crippen LogP contribution in [0.5, 0.6) is 0 Å². The van der Waals surface area contributed by atoms with Crippen LogP contribution >= 0.6 is 0 Å². The van der Waals surface area contributed by atoms with E-state index in [1.165, 1.54) is 16.7 Å². The second-order valence-corrected chi connectivity index (χ2v) is 6.34. The van der Waals surface area contributed by atoms with Crippen LogP contribution in [0, 0.1) is 0 Å². The Bertz CT molecular complexity index is 845. The summed E-state index contributed by atoms with van der Waals surface area (Å²) in [6, 6.07) is 18.9. The van der Waals surface area contributed by atoms with Gasteiger partial charge in [0.15, 0.2) is 0 Å². The molecule has 0 spiro atoms. The first-order valence-corrected chi connectivity index (χ1v) is 8.56. The zero-order valence-electron chi connectivity index (χ0n) is 14.0. The van der Waals surface area contributed by atoms with Crippen molar-refractivity contribution in [2.45, 2.75) is 25.4 Å². The normalized spacial score (nSPS) is 16.5. The molecule has 0 bridgehead atoms. The maximum atomic E-state index is 12.9. The summed E-state index contributed by atoms with van der Waals surface area (Å²) in [5, 5.41) is 7.71. The van der Waals surface area contributed by atoms with E-state index in [4.69, 9.17) is 0 Å². The highest BCUT2D eigenvalue weighted by Crippen LogP contribution is 2.32. The molecule has 0 unspecified atom stereocenters. The molecule has 0 radical (unpaired) electrons. The Morgan fingerprint density at radius 1 is 1.08 bits per heavy atom. The fourth-order valence-corrected chi connectivity index (χ4v) is 3.55. The standard InChI is InChI=1S/C20H20N4O/c25-20(15-23-13-11-21-22-23)24-12-10-17-8-4-5-9-18(17)19(24)14-16-6-2-1-3-7-16/h1-9,11,13,19H,10,12,14-15H2/t19-/m1/s1. The second-order valence-electron chi connectivity index (χ2n) is 6.34. The molecule has 0 N–H and O–H groups in total. The highest BCUT2D eigenvalue weighted by Gasteiger charge is 2.30. The van der Waals surface area contributed by atoms with Crippen molar-refractivity contribution in [3.05, 3.63) is 83.7 Å². The van der Waals surface area contributed by atoms with E-state index >= 15 is 0 Å². The van der Waals surface area contributed by atoms with Crippen molar-refractivity contribution in [1.82, 2.24) is 19.9 Å². The molecular weight excluding hydrogens is 312 g/mol. The predicted octanol–water partition coefficient (Wildman–Crippen LogP) is 2.65. The van der Waals surface area contributed by atoms with E-state index in [1.807, 2.05) is 23.1 Å². The molecule has 0 saturated carbocycles. The van der Waals surface area contributed by atoms with Gasteiger partial charge in [-0.1, -0.05) is 59.8 Å².